The lowest BCUT2D eigenvalue weighted by molar-refractivity contribution is -0.137. The van der Waals surface area contributed by atoms with Gasteiger partial charge in [-0.2, -0.15) is 13.2 Å². The number of guanidine groups is 1. The molecule has 26 heavy (non-hydrogen) atoms. The van der Waals surface area contributed by atoms with Gasteiger partial charge in [0.05, 0.1) is 11.3 Å². The second-order valence-corrected chi connectivity index (χ2v) is 7.60. The van der Waals surface area contributed by atoms with Crippen LogP contribution in [0.25, 0.3) is 0 Å². The molecule has 0 radical (unpaired) electrons. The molecule has 0 heterocycles. The second-order valence-electron chi connectivity index (χ2n) is 5.87. The highest BCUT2D eigenvalue weighted by molar-refractivity contribution is 7.89. The fourth-order valence-electron chi connectivity index (χ4n) is 2.21. The first-order valence-corrected chi connectivity index (χ1v) is 9.94. The van der Waals surface area contributed by atoms with Crippen molar-refractivity contribution in [2.75, 3.05) is 25.4 Å². The van der Waals surface area contributed by atoms with Crippen LogP contribution in [-0.4, -0.2) is 39.8 Å². The molecule has 0 aliphatic heterocycles. The van der Waals surface area contributed by atoms with Crippen LogP contribution in [0, 0.1) is 0 Å². The third-order valence-electron chi connectivity index (χ3n) is 3.64. The molecule has 1 rings (SSSR count). The Morgan fingerprint density at radius 2 is 2.00 bits per heavy atom. The molecule has 0 spiro atoms. The van der Waals surface area contributed by atoms with E-state index in [9.17, 15) is 21.6 Å². The van der Waals surface area contributed by atoms with E-state index in [1.807, 2.05) is 13.8 Å². The molecular weight excluding hydrogens is 369 g/mol. The number of halogens is 3. The fourth-order valence-corrected chi connectivity index (χ4v) is 2.60. The van der Waals surface area contributed by atoms with E-state index in [2.05, 4.69) is 15.6 Å². The van der Waals surface area contributed by atoms with Gasteiger partial charge in [-0.3, -0.25) is 4.99 Å². The van der Waals surface area contributed by atoms with Crippen LogP contribution in [0.4, 0.5) is 13.2 Å². The van der Waals surface area contributed by atoms with Gasteiger partial charge in [0.15, 0.2) is 5.96 Å². The lowest BCUT2D eigenvalue weighted by atomic mass is 9.96. The summed E-state index contributed by atoms with van der Waals surface area (Å²) in [5, 5.41) is 10.8. The number of hydrogen-bond acceptors (Lipinski definition) is 3. The molecule has 0 fully saturated rings. The summed E-state index contributed by atoms with van der Waals surface area (Å²) in [7, 11) is -3.56. The highest BCUT2D eigenvalue weighted by Crippen LogP contribution is 2.31. The number of nitrogens with zero attached hydrogens (tertiary/aromatic N) is 1. The maximum absolute atomic E-state index is 12.8. The Balaban J connectivity index is 2.63. The maximum Gasteiger partial charge on any atom is 0.416 e. The zero-order valence-corrected chi connectivity index (χ0v) is 15.6. The predicted molar refractivity (Wildman–Crippen MR) is 96.4 cm³/mol. The number of sulfonamides is 1. The smallest absolute Gasteiger partial charge is 0.357 e. The molecule has 1 aromatic carbocycles. The van der Waals surface area contributed by atoms with Crippen LogP contribution in [-0.2, 0) is 16.2 Å². The van der Waals surface area contributed by atoms with Crippen LogP contribution in [0.2, 0.25) is 0 Å². The van der Waals surface area contributed by atoms with Crippen molar-refractivity contribution in [2.45, 2.75) is 32.4 Å². The highest BCUT2D eigenvalue weighted by Gasteiger charge is 2.30. The van der Waals surface area contributed by atoms with Gasteiger partial charge >= 0.3 is 6.18 Å². The predicted octanol–water partition coefficient (Wildman–Crippen LogP) is 2.04. The summed E-state index contributed by atoms with van der Waals surface area (Å²) < 4.78 is 60.2. The minimum absolute atomic E-state index is 0.103. The van der Waals surface area contributed by atoms with Gasteiger partial charge in [0.1, 0.15) is 0 Å². The van der Waals surface area contributed by atoms with E-state index < -0.39 is 21.8 Å². The SMILES string of the molecule is CCNC(=NCCC(C)c1cccc(C(F)(F)F)c1)NCCS(N)(=O)=O. The molecule has 0 amide bonds. The van der Waals surface area contributed by atoms with Crippen LogP contribution in [0.5, 0.6) is 0 Å². The average molecular weight is 394 g/mol. The summed E-state index contributed by atoms with van der Waals surface area (Å²) >= 11 is 0. The molecule has 0 bridgehead atoms. The molecule has 1 atom stereocenters. The second kappa shape index (κ2) is 9.77. The van der Waals surface area contributed by atoms with Gasteiger partial charge in [0, 0.05) is 19.6 Å². The largest absolute Gasteiger partial charge is 0.416 e. The van der Waals surface area contributed by atoms with E-state index in [-0.39, 0.29) is 18.2 Å². The standard InChI is InChI=1S/C16H25F3N4O2S/c1-3-21-15(23-9-10-26(20,24)25)22-8-7-12(2)13-5-4-6-14(11-13)16(17,18)19/h4-6,11-12H,3,7-10H2,1-2H3,(H2,20,24,25)(H2,21,22,23). The van der Waals surface area contributed by atoms with Crippen LogP contribution in [0.1, 0.15) is 37.3 Å². The van der Waals surface area contributed by atoms with E-state index in [1.54, 1.807) is 6.07 Å². The van der Waals surface area contributed by atoms with Crippen molar-refractivity contribution in [2.24, 2.45) is 10.1 Å². The lowest BCUT2D eigenvalue weighted by Gasteiger charge is -2.14. The number of alkyl halides is 3. The van der Waals surface area contributed by atoms with Crippen LogP contribution < -0.4 is 15.8 Å². The molecule has 0 saturated heterocycles. The van der Waals surface area contributed by atoms with Gasteiger partial charge in [-0.25, -0.2) is 13.6 Å². The quantitative estimate of drug-likeness (QED) is 0.464. The average Bonchev–Trinajstić information content (AvgIpc) is 2.53. The van der Waals surface area contributed by atoms with Crippen LogP contribution in [0.3, 0.4) is 0 Å². The number of rotatable bonds is 8. The summed E-state index contributed by atoms with van der Waals surface area (Å²) in [5.41, 5.74) is -0.0643. The summed E-state index contributed by atoms with van der Waals surface area (Å²) in [5.74, 6) is 0.110. The molecule has 0 saturated carbocycles. The summed E-state index contributed by atoms with van der Waals surface area (Å²) in [6.45, 7) is 4.79. The monoisotopic (exact) mass is 394 g/mol. The maximum atomic E-state index is 12.8. The van der Waals surface area contributed by atoms with E-state index in [0.29, 0.717) is 31.0 Å². The van der Waals surface area contributed by atoms with Crippen molar-refractivity contribution in [1.29, 1.82) is 0 Å². The van der Waals surface area contributed by atoms with E-state index in [0.717, 1.165) is 12.1 Å². The number of primary sulfonamides is 1. The zero-order valence-electron chi connectivity index (χ0n) is 14.8. The van der Waals surface area contributed by atoms with Gasteiger partial charge in [-0.1, -0.05) is 25.1 Å². The molecule has 0 aliphatic rings. The Labute approximate surface area is 152 Å². The Hall–Kier alpha value is -1.81. The van der Waals surface area contributed by atoms with Gasteiger partial charge in [0.25, 0.3) is 0 Å². The number of aliphatic imine (C=N–C) groups is 1. The normalized spacial score (nSPS) is 14.2. The molecular formula is C16H25F3N4O2S. The van der Waals surface area contributed by atoms with Crippen LogP contribution in [0.15, 0.2) is 29.3 Å². The molecule has 6 nitrogen and oxygen atoms in total. The van der Waals surface area contributed by atoms with Gasteiger partial charge in [-0.05, 0) is 30.9 Å². The molecule has 4 N–H and O–H groups in total. The van der Waals surface area contributed by atoms with Crippen molar-refractivity contribution in [3.8, 4) is 0 Å². The van der Waals surface area contributed by atoms with Crippen molar-refractivity contribution < 1.29 is 21.6 Å². The lowest BCUT2D eigenvalue weighted by Crippen LogP contribution is -2.40. The van der Waals surface area contributed by atoms with E-state index in [1.165, 1.54) is 6.07 Å². The number of nitrogens with one attached hydrogen (secondary N) is 2. The van der Waals surface area contributed by atoms with E-state index >= 15 is 0 Å². The van der Waals surface area contributed by atoms with Crippen molar-refractivity contribution >= 4 is 16.0 Å². The first-order chi connectivity index (χ1) is 12.0. The topological polar surface area (TPSA) is 96.6 Å². The van der Waals surface area contributed by atoms with Crippen molar-refractivity contribution in [1.82, 2.24) is 10.6 Å². The molecule has 1 aromatic rings. The summed E-state index contributed by atoms with van der Waals surface area (Å²) in [6, 6.07) is 5.27. The Bertz CT molecular complexity index is 706. The van der Waals surface area contributed by atoms with Crippen molar-refractivity contribution in [3.05, 3.63) is 35.4 Å². The van der Waals surface area contributed by atoms with Gasteiger partial charge < -0.3 is 10.6 Å². The van der Waals surface area contributed by atoms with Crippen molar-refractivity contribution in [3.63, 3.8) is 0 Å². The molecule has 148 valence electrons. The molecule has 10 heteroatoms. The van der Waals surface area contributed by atoms with Gasteiger partial charge in [0.2, 0.25) is 10.0 Å². The Morgan fingerprint density at radius 1 is 1.31 bits per heavy atom. The minimum Gasteiger partial charge on any atom is -0.357 e. The third kappa shape index (κ3) is 8.52. The molecule has 1 unspecified atom stereocenters. The fraction of sp³-hybridized carbons (Fsp3) is 0.562. The number of benzene rings is 1. The third-order valence-corrected chi connectivity index (χ3v) is 4.41. The summed E-state index contributed by atoms with van der Waals surface area (Å²) in [6.07, 6.45) is -3.81. The zero-order chi connectivity index (χ0) is 19.8. The van der Waals surface area contributed by atoms with Gasteiger partial charge in [-0.15, -0.1) is 0 Å². The number of nitrogens with two attached hydrogens (primary N) is 1. The summed E-state index contributed by atoms with van der Waals surface area (Å²) in [4.78, 5) is 4.31. The first-order valence-electron chi connectivity index (χ1n) is 8.22. The Morgan fingerprint density at radius 3 is 2.58 bits per heavy atom. The van der Waals surface area contributed by atoms with E-state index in [4.69, 9.17) is 5.14 Å². The Kier molecular flexibility index (Phi) is 8.35. The minimum atomic E-state index is -4.36. The van der Waals surface area contributed by atoms with Crippen LogP contribution >= 0.6 is 0 Å². The molecule has 0 aliphatic carbocycles. The molecule has 0 aromatic heterocycles. The highest BCUT2D eigenvalue weighted by atomic mass is 32.2. The number of hydrogen-bond donors (Lipinski definition) is 3. The first kappa shape index (κ1) is 22.2.